The maximum Gasteiger partial charge on any atom is 0.143 e. The molecule has 0 atom stereocenters. The summed E-state index contributed by atoms with van der Waals surface area (Å²) in [7, 11) is 0. The maximum absolute atomic E-state index is 8.87. The molecular formula is C90H56O2. The normalized spacial score (nSPS) is 13.2. The van der Waals surface area contributed by atoms with Crippen LogP contribution < -0.4 is 0 Å². The molecule has 19 aromatic rings. The molecule has 0 aliphatic rings. The Morgan fingerprint density at radius 2 is 0.576 bits per heavy atom. The smallest absolute Gasteiger partial charge is 0.143 e. The van der Waals surface area contributed by atoms with Gasteiger partial charge in [0.05, 0.1) is 13.7 Å². The van der Waals surface area contributed by atoms with Crippen LogP contribution in [-0.2, 0) is 0 Å². The van der Waals surface area contributed by atoms with E-state index in [2.05, 4.69) is 176 Å². The van der Waals surface area contributed by atoms with Crippen LogP contribution in [0.1, 0.15) is 13.7 Å². The van der Waals surface area contributed by atoms with Gasteiger partial charge in [-0.2, -0.15) is 0 Å². The van der Waals surface area contributed by atoms with Crippen molar-refractivity contribution in [2.45, 2.75) is 0 Å². The van der Waals surface area contributed by atoms with E-state index in [-0.39, 0.29) is 59.5 Å². The van der Waals surface area contributed by atoms with Crippen molar-refractivity contribution in [1.29, 1.82) is 0 Å². The van der Waals surface area contributed by atoms with Gasteiger partial charge in [0.2, 0.25) is 0 Å². The molecule has 0 radical (unpaired) electrons. The molecule has 0 aliphatic heterocycles. The first-order valence-corrected chi connectivity index (χ1v) is 30.8. The zero-order valence-electron chi connectivity index (χ0n) is 59.4. The average Bonchev–Trinajstić information content (AvgIpc) is 0.906. The van der Waals surface area contributed by atoms with Gasteiger partial charge in [0.1, 0.15) is 22.3 Å². The molecular weight excluding hydrogens is 1110 g/mol. The Balaban J connectivity index is 0.000000146. The molecule has 0 N–H and O–H groups in total. The van der Waals surface area contributed by atoms with Gasteiger partial charge >= 0.3 is 0 Å². The van der Waals surface area contributed by atoms with Gasteiger partial charge in [-0.3, -0.25) is 0 Å². The van der Waals surface area contributed by atoms with Crippen LogP contribution in [0, 0.1) is 0 Å². The molecule has 0 saturated carbocycles. The molecule has 2 aromatic heterocycles. The first-order chi connectivity index (χ1) is 49.8. The highest BCUT2D eigenvalue weighted by molar-refractivity contribution is 6.25. The van der Waals surface area contributed by atoms with E-state index in [1.54, 1.807) is 0 Å². The predicted octanol–water partition coefficient (Wildman–Crippen LogP) is 25.8. The lowest BCUT2D eigenvalue weighted by Crippen LogP contribution is -1.90. The number of fused-ring (bicyclic) bond motifs is 13. The van der Waals surface area contributed by atoms with E-state index < -0.39 is 12.1 Å². The highest BCUT2D eigenvalue weighted by atomic mass is 16.3. The van der Waals surface area contributed by atoms with Crippen LogP contribution in [-0.4, -0.2) is 0 Å². The minimum absolute atomic E-state index is 0.204. The zero-order chi connectivity index (χ0) is 69.3. The molecule has 92 heavy (non-hydrogen) atoms. The second kappa shape index (κ2) is 21.9. The number of furan rings is 2. The van der Waals surface area contributed by atoms with Gasteiger partial charge in [-0.25, -0.2) is 0 Å². The summed E-state index contributed by atoms with van der Waals surface area (Å²) < 4.78 is 98.8. The van der Waals surface area contributed by atoms with Gasteiger partial charge in [0.15, 0.2) is 0 Å². The van der Waals surface area contributed by atoms with E-state index in [4.69, 9.17) is 22.5 Å². The summed E-state index contributed by atoms with van der Waals surface area (Å²) in [5, 5.41) is 15.8. The summed E-state index contributed by atoms with van der Waals surface area (Å²) in [4.78, 5) is 0. The van der Waals surface area contributed by atoms with Crippen molar-refractivity contribution in [3.63, 3.8) is 0 Å². The van der Waals surface area contributed by atoms with Gasteiger partial charge in [-0.1, -0.05) is 309 Å². The van der Waals surface area contributed by atoms with Crippen molar-refractivity contribution in [2.75, 3.05) is 0 Å². The summed E-state index contributed by atoms with van der Waals surface area (Å²) in [6, 6.07) is 92.2. The Morgan fingerprint density at radius 1 is 0.207 bits per heavy atom. The summed E-state index contributed by atoms with van der Waals surface area (Å²) in [5.74, 6) is 0. The molecule has 0 spiro atoms. The van der Waals surface area contributed by atoms with Gasteiger partial charge in [-0.05, 0) is 162 Å². The largest absolute Gasteiger partial charge is 0.455 e. The van der Waals surface area contributed by atoms with Gasteiger partial charge < -0.3 is 8.83 Å². The van der Waals surface area contributed by atoms with Gasteiger partial charge in [-0.15, -0.1) is 0 Å². The van der Waals surface area contributed by atoms with Crippen LogP contribution in [0.3, 0.4) is 0 Å². The van der Waals surface area contributed by atoms with Gasteiger partial charge in [0, 0.05) is 32.7 Å². The molecule has 0 saturated heterocycles. The molecule has 17 aromatic carbocycles. The molecule has 19 rings (SSSR count). The highest BCUT2D eigenvalue weighted by Crippen LogP contribution is 2.49. The van der Waals surface area contributed by atoms with Crippen LogP contribution in [0.15, 0.2) is 348 Å². The minimum Gasteiger partial charge on any atom is -0.455 e. The molecule has 428 valence electrons. The van der Waals surface area contributed by atoms with Gasteiger partial charge in [0.25, 0.3) is 0 Å². The van der Waals surface area contributed by atoms with Crippen molar-refractivity contribution in [3.8, 4) is 77.9 Å². The molecule has 0 amide bonds. The standard InChI is InChI=1S/C46H28O.C44H28O/c1-2-13-30(14-3-1)44-34-17-6-8-19-36(34)45(37-20-9-7-18-35(37)44)32-26-27-42-41(28-32)40-23-11-22-39(46(40)47-42)38-21-10-15-31-25-24-29-12-4-5-16-33(29)43(31)38;1-3-13-29(14-4-1)31-17-11-18-32(27-31)34-23-12-24-39-40-28-33(25-26-41(40)45-44(34)39)43-37-21-9-7-19-35(37)42(30-15-5-2-6-16-30)36-20-8-10-22-38(36)43/h1-28H;1-28H/i1D,2D,3D,13D,14D;2D,5D,6D,15D,16D. The minimum atomic E-state index is -0.401. The number of rotatable bonds is 7. The fourth-order valence-electron chi connectivity index (χ4n) is 14.3. The van der Waals surface area contributed by atoms with E-state index in [0.29, 0.717) is 11.1 Å². The molecule has 2 heterocycles. The Morgan fingerprint density at radius 3 is 1.10 bits per heavy atom. The van der Waals surface area contributed by atoms with E-state index in [0.717, 1.165) is 143 Å². The van der Waals surface area contributed by atoms with Crippen LogP contribution in [0.2, 0.25) is 0 Å². The maximum atomic E-state index is 8.87. The second-order valence-corrected chi connectivity index (χ2v) is 23.3. The molecule has 2 nitrogen and oxygen atoms in total. The molecule has 0 fully saturated rings. The van der Waals surface area contributed by atoms with Crippen LogP contribution >= 0.6 is 0 Å². The van der Waals surface area contributed by atoms with Crippen LogP contribution in [0.25, 0.3) is 186 Å². The fraction of sp³-hybridized carbons (Fsp3) is 0. The van der Waals surface area contributed by atoms with E-state index in [1.165, 1.54) is 21.5 Å². The lowest BCUT2D eigenvalue weighted by molar-refractivity contribution is 0.669. The third-order valence-corrected chi connectivity index (χ3v) is 18.3. The first kappa shape index (κ1) is 43.5. The number of hydrogen-bond donors (Lipinski definition) is 0. The lowest BCUT2D eigenvalue weighted by atomic mass is 9.86. The molecule has 2 heteroatoms. The van der Waals surface area contributed by atoms with Crippen molar-refractivity contribution in [1.82, 2.24) is 0 Å². The van der Waals surface area contributed by atoms with Crippen molar-refractivity contribution in [3.05, 3.63) is 339 Å². The quantitative estimate of drug-likeness (QED) is 0.117. The summed E-state index contributed by atoms with van der Waals surface area (Å²) in [5.41, 5.74) is 15.5. The first-order valence-electron chi connectivity index (χ1n) is 35.8. The number of para-hydroxylation sites is 2. The van der Waals surface area contributed by atoms with E-state index in [1.807, 2.05) is 103 Å². The third kappa shape index (κ3) is 8.72. The number of hydrogen-bond acceptors (Lipinski definition) is 2. The number of benzene rings is 17. The Hall–Kier alpha value is -12.1. The topological polar surface area (TPSA) is 26.3 Å². The van der Waals surface area contributed by atoms with Crippen LogP contribution in [0.4, 0.5) is 0 Å². The van der Waals surface area contributed by atoms with Crippen molar-refractivity contribution in [2.24, 2.45) is 0 Å². The summed E-state index contributed by atoms with van der Waals surface area (Å²) in [6.07, 6.45) is 0. The Kier molecular flexibility index (Phi) is 10.4. The molecule has 0 bridgehead atoms. The van der Waals surface area contributed by atoms with Crippen molar-refractivity contribution < 1.29 is 22.5 Å². The highest BCUT2D eigenvalue weighted by Gasteiger charge is 2.22. The predicted molar refractivity (Wildman–Crippen MR) is 391 cm³/mol. The molecule has 0 aliphatic carbocycles. The third-order valence-electron chi connectivity index (χ3n) is 18.3. The monoisotopic (exact) mass is 1180 g/mol. The fourth-order valence-corrected chi connectivity index (χ4v) is 14.3. The lowest BCUT2D eigenvalue weighted by Gasteiger charge is -2.17. The van der Waals surface area contributed by atoms with E-state index in [9.17, 15) is 0 Å². The molecule has 0 unspecified atom stereocenters. The SMILES string of the molecule is [2H]c1c([2H])c([2H])c(-c2c3ccccc3c(-c3ccc4oc5c(-c6cccc(-c7ccccc7)c6)cccc5c4c3)c3ccccc23)c([2H])c1[2H].[2H]c1c([2H])c([2H])c(-c2c3ccccc3c(-c3ccc4oc5c(-c6cccc7ccc8ccccc8c67)cccc5c4c3)c3ccccc23)c([2H])c1[2H]. The Labute approximate surface area is 545 Å². The summed E-state index contributed by atoms with van der Waals surface area (Å²) in [6.45, 7) is 0. The second-order valence-electron chi connectivity index (χ2n) is 23.3. The average molecular weight is 1180 g/mol. The zero-order valence-corrected chi connectivity index (χ0v) is 49.4. The van der Waals surface area contributed by atoms with Crippen LogP contribution in [0.5, 0.6) is 0 Å². The summed E-state index contributed by atoms with van der Waals surface area (Å²) >= 11 is 0. The Bertz CT molecular complexity index is 6600. The van der Waals surface area contributed by atoms with E-state index >= 15 is 0 Å². The van der Waals surface area contributed by atoms with Crippen molar-refractivity contribution >= 4 is 109 Å².